The predicted molar refractivity (Wildman–Crippen MR) is 84.5 cm³/mol. The maximum absolute atomic E-state index is 5.68. The summed E-state index contributed by atoms with van der Waals surface area (Å²) >= 11 is 0. The predicted octanol–water partition coefficient (Wildman–Crippen LogP) is 2.76. The van der Waals surface area contributed by atoms with Gasteiger partial charge in [-0.2, -0.15) is 0 Å². The first-order valence-electron chi connectivity index (χ1n) is 6.90. The van der Waals surface area contributed by atoms with Gasteiger partial charge in [0.1, 0.15) is 24.7 Å². The van der Waals surface area contributed by atoms with Gasteiger partial charge < -0.3 is 15.2 Å². The second-order valence-electron chi connectivity index (χ2n) is 4.50. The molecule has 2 N–H and O–H groups in total. The Labute approximate surface area is 125 Å². The van der Waals surface area contributed by atoms with Crippen molar-refractivity contribution < 1.29 is 9.47 Å². The molecule has 0 radical (unpaired) electrons. The second-order valence-corrected chi connectivity index (χ2v) is 4.50. The lowest BCUT2D eigenvalue weighted by Gasteiger charge is -2.10. The molecule has 0 heterocycles. The van der Waals surface area contributed by atoms with E-state index in [9.17, 15) is 0 Å². The van der Waals surface area contributed by atoms with Crippen LogP contribution in [0.1, 0.15) is 11.1 Å². The molecule has 2 aromatic rings. The molecule has 0 spiro atoms. The van der Waals surface area contributed by atoms with Crippen LogP contribution in [0.25, 0.3) is 0 Å². The van der Waals surface area contributed by atoms with Crippen molar-refractivity contribution in [3.8, 4) is 23.3 Å². The van der Waals surface area contributed by atoms with Crippen molar-refractivity contribution in [2.75, 3.05) is 19.8 Å². The first-order chi connectivity index (χ1) is 10.3. The topological polar surface area (TPSA) is 44.5 Å². The number of hydrogen-bond acceptors (Lipinski definition) is 3. The van der Waals surface area contributed by atoms with E-state index in [-0.39, 0.29) is 0 Å². The van der Waals surface area contributed by atoms with Crippen LogP contribution in [-0.4, -0.2) is 19.8 Å². The van der Waals surface area contributed by atoms with Crippen molar-refractivity contribution in [1.82, 2.24) is 0 Å². The molecule has 0 unspecified atom stereocenters. The molecule has 21 heavy (non-hydrogen) atoms. The van der Waals surface area contributed by atoms with Crippen LogP contribution in [0.4, 0.5) is 0 Å². The van der Waals surface area contributed by atoms with Crippen LogP contribution in [0, 0.1) is 18.8 Å². The number of hydrogen-bond donors (Lipinski definition) is 1. The van der Waals surface area contributed by atoms with Gasteiger partial charge in [0.25, 0.3) is 0 Å². The molecule has 0 aliphatic carbocycles. The van der Waals surface area contributed by atoms with Crippen molar-refractivity contribution in [2.45, 2.75) is 6.92 Å². The Kier molecular flexibility index (Phi) is 5.69. The summed E-state index contributed by atoms with van der Waals surface area (Å²) in [5, 5.41) is 0. The minimum atomic E-state index is 0.356. The summed E-state index contributed by atoms with van der Waals surface area (Å²) < 4.78 is 11.3. The molecule has 3 nitrogen and oxygen atoms in total. The first-order valence-corrected chi connectivity index (χ1v) is 6.90. The summed E-state index contributed by atoms with van der Waals surface area (Å²) in [7, 11) is 0. The standard InChI is InChI=1S/C18H19NO2/c1-15-6-2-3-10-18(15)21-13-12-20-17-9-4-7-16(14-17)8-5-11-19/h2-4,6-7,9-10,14H,11-13,19H2,1H3. The lowest BCUT2D eigenvalue weighted by atomic mass is 10.2. The molecular formula is C18H19NO2. The third-order valence-electron chi connectivity index (χ3n) is 2.87. The Morgan fingerprint density at radius 2 is 1.81 bits per heavy atom. The van der Waals surface area contributed by atoms with Gasteiger partial charge in [0.2, 0.25) is 0 Å². The zero-order valence-corrected chi connectivity index (χ0v) is 12.1. The van der Waals surface area contributed by atoms with Crippen LogP contribution in [0.2, 0.25) is 0 Å². The number of rotatable bonds is 5. The highest BCUT2D eigenvalue weighted by molar-refractivity contribution is 5.39. The zero-order valence-electron chi connectivity index (χ0n) is 12.1. The number of ether oxygens (including phenoxy) is 2. The van der Waals surface area contributed by atoms with Gasteiger partial charge >= 0.3 is 0 Å². The van der Waals surface area contributed by atoms with Crippen LogP contribution in [0.5, 0.6) is 11.5 Å². The fourth-order valence-corrected chi connectivity index (χ4v) is 1.85. The molecule has 2 aromatic carbocycles. The van der Waals surface area contributed by atoms with E-state index in [2.05, 4.69) is 11.8 Å². The Balaban J connectivity index is 1.82. The minimum absolute atomic E-state index is 0.356. The SMILES string of the molecule is Cc1ccccc1OCCOc1cccc(C#CCN)c1. The summed E-state index contributed by atoms with van der Waals surface area (Å²) in [6.45, 7) is 3.37. The molecule has 108 valence electrons. The lowest BCUT2D eigenvalue weighted by Crippen LogP contribution is -2.09. The molecule has 2 rings (SSSR count). The van der Waals surface area contributed by atoms with Crippen LogP contribution in [0.15, 0.2) is 48.5 Å². The molecular weight excluding hydrogens is 262 g/mol. The van der Waals surface area contributed by atoms with Crippen LogP contribution in [0.3, 0.4) is 0 Å². The zero-order chi connectivity index (χ0) is 14.9. The van der Waals surface area contributed by atoms with Crippen LogP contribution < -0.4 is 15.2 Å². The van der Waals surface area contributed by atoms with E-state index < -0.39 is 0 Å². The van der Waals surface area contributed by atoms with Crippen LogP contribution in [-0.2, 0) is 0 Å². The van der Waals surface area contributed by atoms with Gasteiger partial charge in [-0.15, -0.1) is 0 Å². The van der Waals surface area contributed by atoms with E-state index in [0.29, 0.717) is 19.8 Å². The molecule has 0 aromatic heterocycles. The average Bonchev–Trinajstić information content (AvgIpc) is 2.51. The number of aryl methyl sites for hydroxylation is 1. The van der Waals surface area contributed by atoms with Gasteiger partial charge in [-0.3, -0.25) is 0 Å². The van der Waals surface area contributed by atoms with Gasteiger partial charge in [-0.05, 0) is 36.8 Å². The van der Waals surface area contributed by atoms with Crippen molar-refractivity contribution >= 4 is 0 Å². The molecule has 0 aliphatic rings. The van der Waals surface area contributed by atoms with Crippen molar-refractivity contribution in [2.24, 2.45) is 5.73 Å². The average molecular weight is 281 g/mol. The van der Waals surface area contributed by atoms with Gasteiger partial charge in [0.05, 0.1) is 6.54 Å². The Morgan fingerprint density at radius 3 is 2.62 bits per heavy atom. The Morgan fingerprint density at radius 1 is 1.00 bits per heavy atom. The maximum atomic E-state index is 5.68. The number of para-hydroxylation sites is 1. The summed E-state index contributed by atoms with van der Waals surface area (Å²) in [6, 6.07) is 15.6. The second kappa shape index (κ2) is 7.98. The largest absolute Gasteiger partial charge is 0.490 e. The fourth-order valence-electron chi connectivity index (χ4n) is 1.85. The number of benzene rings is 2. The molecule has 0 bridgehead atoms. The fraction of sp³-hybridized carbons (Fsp3) is 0.222. The minimum Gasteiger partial charge on any atom is -0.490 e. The summed E-state index contributed by atoms with van der Waals surface area (Å²) in [6.07, 6.45) is 0. The smallest absolute Gasteiger partial charge is 0.122 e. The summed E-state index contributed by atoms with van der Waals surface area (Å²) in [5.74, 6) is 7.48. The highest BCUT2D eigenvalue weighted by atomic mass is 16.5. The molecule has 0 amide bonds. The maximum Gasteiger partial charge on any atom is 0.122 e. The normalized spacial score (nSPS) is 9.62. The van der Waals surface area contributed by atoms with E-state index in [1.54, 1.807) is 0 Å². The monoisotopic (exact) mass is 281 g/mol. The highest BCUT2D eigenvalue weighted by Crippen LogP contribution is 2.16. The summed E-state index contributed by atoms with van der Waals surface area (Å²) in [4.78, 5) is 0. The molecule has 3 heteroatoms. The lowest BCUT2D eigenvalue weighted by molar-refractivity contribution is 0.216. The molecule has 0 saturated heterocycles. The quantitative estimate of drug-likeness (QED) is 0.677. The molecule has 0 atom stereocenters. The highest BCUT2D eigenvalue weighted by Gasteiger charge is 1.99. The summed E-state index contributed by atoms with van der Waals surface area (Å²) in [5.41, 5.74) is 7.38. The van der Waals surface area contributed by atoms with Gasteiger partial charge in [0, 0.05) is 5.56 Å². The third-order valence-corrected chi connectivity index (χ3v) is 2.87. The van der Waals surface area contributed by atoms with Crippen molar-refractivity contribution in [3.63, 3.8) is 0 Å². The van der Waals surface area contributed by atoms with Gasteiger partial charge in [-0.1, -0.05) is 36.1 Å². The van der Waals surface area contributed by atoms with E-state index in [0.717, 1.165) is 22.6 Å². The van der Waals surface area contributed by atoms with E-state index in [1.807, 2.05) is 55.5 Å². The van der Waals surface area contributed by atoms with E-state index >= 15 is 0 Å². The molecule has 0 saturated carbocycles. The van der Waals surface area contributed by atoms with Gasteiger partial charge in [-0.25, -0.2) is 0 Å². The third kappa shape index (κ3) is 4.87. The molecule has 0 fully saturated rings. The number of nitrogens with two attached hydrogens (primary N) is 1. The first kappa shape index (κ1) is 15.0. The Hall–Kier alpha value is -2.44. The van der Waals surface area contributed by atoms with Crippen molar-refractivity contribution in [3.05, 3.63) is 59.7 Å². The van der Waals surface area contributed by atoms with E-state index in [4.69, 9.17) is 15.2 Å². The Bertz CT molecular complexity index is 641. The van der Waals surface area contributed by atoms with Crippen molar-refractivity contribution in [1.29, 1.82) is 0 Å². The van der Waals surface area contributed by atoms with E-state index in [1.165, 1.54) is 0 Å². The van der Waals surface area contributed by atoms with Crippen LogP contribution >= 0.6 is 0 Å². The molecule has 0 aliphatic heterocycles. The van der Waals surface area contributed by atoms with Gasteiger partial charge in [0.15, 0.2) is 0 Å².